The normalized spacial score (nSPS) is 32.8. The zero-order valence-electron chi connectivity index (χ0n) is 7.05. The van der Waals surface area contributed by atoms with Crippen molar-refractivity contribution in [3.05, 3.63) is 0 Å². The van der Waals surface area contributed by atoms with Gasteiger partial charge in [0.05, 0.1) is 10.5 Å². The molecule has 1 fully saturated rings. The van der Waals surface area contributed by atoms with Crippen molar-refractivity contribution in [1.29, 1.82) is 0 Å². The minimum atomic E-state index is -3.54. The van der Waals surface area contributed by atoms with Crippen molar-refractivity contribution in [3.63, 3.8) is 0 Å². The van der Waals surface area contributed by atoms with Crippen molar-refractivity contribution >= 4 is 21.1 Å². The highest BCUT2D eigenvalue weighted by molar-refractivity contribution is 7.89. The molecule has 0 heterocycles. The first-order valence-corrected chi connectivity index (χ1v) is 6.80. The fraction of sp³-hybridized carbons (Fsp3) is 1.00. The van der Waals surface area contributed by atoms with E-state index < -0.39 is 31.6 Å². The van der Waals surface area contributed by atoms with Crippen molar-refractivity contribution < 1.29 is 17.2 Å². The van der Waals surface area contributed by atoms with E-state index in [1.807, 2.05) is 0 Å². The summed E-state index contributed by atoms with van der Waals surface area (Å²) in [6, 6.07) is 0. The Morgan fingerprint density at radius 2 is 2.00 bits per heavy atom. The largest absolute Gasteiger partial charge is 0.306 e. The summed E-state index contributed by atoms with van der Waals surface area (Å²) in [6.45, 7) is 0. The van der Waals surface area contributed by atoms with E-state index in [9.17, 15) is 12.6 Å². The monoisotopic (exact) mass is 227 g/mol. The summed E-state index contributed by atoms with van der Waals surface area (Å²) >= 11 is -1.93. The predicted molar refractivity (Wildman–Crippen MR) is 49.9 cm³/mol. The summed E-state index contributed by atoms with van der Waals surface area (Å²) in [6.07, 6.45) is 1.97. The molecule has 0 amide bonds. The van der Waals surface area contributed by atoms with E-state index in [0.717, 1.165) is 0 Å². The standard InChI is InChI=1S/C6H13NO4S2/c7-13(10,11)6-3-1-2-5(4-6)12(8)9/h5-6H,1-4H2,(H,8,9)(H2,7,10,11). The first-order chi connectivity index (χ1) is 5.91. The van der Waals surface area contributed by atoms with E-state index in [2.05, 4.69) is 0 Å². The highest BCUT2D eigenvalue weighted by Crippen LogP contribution is 2.25. The van der Waals surface area contributed by atoms with Crippen molar-refractivity contribution in [1.82, 2.24) is 0 Å². The van der Waals surface area contributed by atoms with E-state index in [-0.39, 0.29) is 6.42 Å². The molecule has 0 aromatic rings. The van der Waals surface area contributed by atoms with Crippen LogP contribution in [0.2, 0.25) is 0 Å². The number of rotatable bonds is 2. The van der Waals surface area contributed by atoms with Crippen LogP contribution in [-0.2, 0) is 21.1 Å². The summed E-state index contributed by atoms with van der Waals surface area (Å²) < 4.78 is 41.4. The lowest BCUT2D eigenvalue weighted by atomic mass is 10.00. The fourth-order valence-electron chi connectivity index (χ4n) is 1.58. The first-order valence-electron chi connectivity index (χ1n) is 4.02. The van der Waals surface area contributed by atoms with Crippen LogP contribution >= 0.6 is 0 Å². The Kier molecular flexibility index (Phi) is 3.44. The molecule has 0 saturated heterocycles. The third-order valence-corrected chi connectivity index (χ3v) is 4.68. The molecule has 3 atom stereocenters. The molecular formula is C6H13NO4S2. The Morgan fingerprint density at radius 1 is 1.38 bits per heavy atom. The van der Waals surface area contributed by atoms with Crippen LogP contribution in [0.15, 0.2) is 0 Å². The second-order valence-corrected chi connectivity index (χ2v) is 6.34. The molecule has 0 aliphatic heterocycles. The van der Waals surface area contributed by atoms with Gasteiger partial charge in [0.15, 0.2) is 11.1 Å². The van der Waals surface area contributed by atoms with E-state index >= 15 is 0 Å². The maximum absolute atomic E-state index is 11.0. The molecule has 0 aromatic carbocycles. The quantitative estimate of drug-likeness (QED) is 0.639. The van der Waals surface area contributed by atoms with Crippen molar-refractivity contribution in [2.75, 3.05) is 0 Å². The molecule has 3 unspecified atom stereocenters. The fourth-order valence-corrected chi connectivity index (χ4v) is 3.47. The minimum Gasteiger partial charge on any atom is -0.306 e. The average molecular weight is 227 g/mol. The maximum Gasteiger partial charge on any atom is 0.212 e. The number of sulfonamides is 1. The van der Waals surface area contributed by atoms with Crippen LogP contribution in [0.1, 0.15) is 25.7 Å². The number of hydrogen-bond donors (Lipinski definition) is 2. The van der Waals surface area contributed by atoms with Crippen LogP contribution < -0.4 is 5.14 Å². The van der Waals surface area contributed by atoms with Gasteiger partial charge >= 0.3 is 0 Å². The van der Waals surface area contributed by atoms with E-state index in [4.69, 9.17) is 9.69 Å². The minimum absolute atomic E-state index is 0.210. The molecule has 5 nitrogen and oxygen atoms in total. The molecule has 0 aromatic heterocycles. The molecule has 1 aliphatic carbocycles. The second kappa shape index (κ2) is 4.04. The van der Waals surface area contributed by atoms with Gasteiger partial charge in [0.1, 0.15) is 0 Å². The van der Waals surface area contributed by atoms with Gasteiger partial charge in [0.2, 0.25) is 10.0 Å². The zero-order chi connectivity index (χ0) is 10.1. The summed E-state index contributed by atoms with van der Waals surface area (Å²) in [5.74, 6) is 0. The molecule has 13 heavy (non-hydrogen) atoms. The van der Waals surface area contributed by atoms with Gasteiger partial charge in [-0.3, -0.25) is 0 Å². The third kappa shape index (κ3) is 3.01. The highest BCUT2D eigenvalue weighted by Gasteiger charge is 2.31. The van der Waals surface area contributed by atoms with Crippen LogP contribution in [0.5, 0.6) is 0 Å². The Bertz CT molecular complexity index is 300. The van der Waals surface area contributed by atoms with E-state index in [1.165, 1.54) is 0 Å². The number of nitrogens with two attached hydrogens (primary N) is 1. The van der Waals surface area contributed by atoms with Crippen molar-refractivity contribution in [3.8, 4) is 0 Å². The van der Waals surface area contributed by atoms with Gasteiger partial charge in [-0.05, 0) is 19.3 Å². The van der Waals surface area contributed by atoms with Gasteiger partial charge in [-0.15, -0.1) is 0 Å². The van der Waals surface area contributed by atoms with Crippen LogP contribution in [-0.4, -0.2) is 27.7 Å². The topological polar surface area (TPSA) is 97.5 Å². The number of primary sulfonamides is 1. The highest BCUT2D eigenvalue weighted by atomic mass is 32.2. The molecule has 1 aliphatic rings. The number of hydrogen-bond acceptors (Lipinski definition) is 3. The van der Waals surface area contributed by atoms with Gasteiger partial charge < -0.3 is 4.55 Å². The summed E-state index contributed by atoms with van der Waals surface area (Å²) in [4.78, 5) is 0. The lowest BCUT2D eigenvalue weighted by molar-refractivity contribution is 0.462. The SMILES string of the molecule is NS(=O)(=O)C1CCCC(S(=O)O)C1. The molecule has 1 saturated carbocycles. The van der Waals surface area contributed by atoms with Crippen molar-refractivity contribution in [2.45, 2.75) is 36.2 Å². The Balaban J connectivity index is 2.67. The smallest absolute Gasteiger partial charge is 0.212 e. The molecule has 3 N–H and O–H groups in total. The predicted octanol–water partition coefficient (Wildman–Crippen LogP) is -0.192. The Hall–Kier alpha value is 0.0200. The summed E-state index contributed by atoms with van der Waals surface area (Å²) in [5.41, 5.74) is 0. The zero-order valence-corrected chi connectivity index (χ0v) is 8.68. The van der Waals surface area contributed by atoms with Gasteiger partial charge in [-0.25, -0.2) is 17.8 Å². The van der Waals surface area contributed by atoms with Gasteiger partial charge in [0.25, 0.3) is 0 Å². The lowest BCUT2D eigenvalue weighted by Crippen LogP contribution is -2.36. The van der Waals surface area contributed by atoms with Gasteiger partial charge in [-0.1, -0.05) is 6.42 Å². The van der Waals surface area contributed by atoms with Crippen LogP contribution in [0.3, 0.4) is 0 Å². The molecule has 0 spiro atoms. The van der Waals surface area contributed by atoms with E-state index in [0.29, 0.717) is 19.3 Å². The van der Waals surface area contributed by atoms with Gasteiger partial charge in [0, 0.05) is 0 Å². The van der Waals surface area contributed by atoms with Crippen molar-refractivity contribution in [2.24, 2.45) is 5.14 Å². The summed E-state index contributed by atoms with van der Waals surface area (Å²) in [7, 11) is -3.54. The van der Waals surface area contributed by atoms with Crippen LogP contribution in [0.25, 0.3) is 0 Å². The molecule has 7 heteroatoms. The van der Waals surface area contributed by atoms with E-state index in [1.54, 1.807) is 0 Å². The first kappa shape index (κ1) is 11.1. The second-order valence-electron chi connectivity index (χ2n) is 3.28. The van der Waals surface area contributed by atoms with Crippen LogP contribution in [0.4, 0.5) is 0 Å². The Labute approximate surface area is 80.0 Å². The maximum atomic E-state index is 11.0. The molecule has 0 bridgehead atoms. The summed E-state index contributed by atoms with van der Waals surface area (Å²) in [5, 5.41) is 3.89. The molecular weight excluding hydrogens is 214 g/mol. The molecule has 78 valence electrons. The third-order valence-electron chi connectivity index (χ3n) is 2.33. The van der Waals surface area contributed by atoms with Gasteiger partial charge in [-0.2, -0.15) is 0 Å². The molecule has 1 rings (SSSR count). The molecule has 0 radical (unpaired) electrons. The lowest BCUT2D eigenvalue weighted by Gasteiger charge is -2.24. The average Bonchev–Trinajstić information content (AvgIpc) is 2.03. The van der Waals surface area contributed by atoms with Crippen LogP contribution in [0, 0.1) is 0 Å². The Morgan fingerprint density at radius 3 is 2.46 bits per heavy atom.